The van der Waals surface area contributed by atoms with Crippen LogP contribution in [0, 0.1) is 5.92 Å². The Kier molecular flexibility index (Phi) is 7.33. The molecule has 0 bridgehead atoms. The van der Waals surface area contributed by atoms with E-state index in [1.165, 1.54) is 5.69 Å². The number of ether oxygens (including phenoxy) is 1. The minimum Gasteiger partial charge on any atom is -0.444 e. The molecule has 198 valence electrons. The van der Waals surface area contributed by atoms with Gasteiger partial charge < -0.3 is 19.9 Å². The van der Waals surface area contributed by atoms with Crippen LogP contribution in [0.1, 0.15) is 52.5 Å². The number of nitrogens with zero attached hydrogens (tertiary/aromatic N) is 6. The standard InChI is InChI=1S/C28H39N7O2/c1-28(2,3)37-27(36)29-9-5-6-20-14-23(15-20)35-19-21(17-31-35)26-18-30-25-16-22(7-8-24(25)32-26)34-12-10-33(4)11-13-34/h7-8,16-20,23H,5-6,9-15H2,1-4H3,(H,29,36). The Balaban J connectivity index is 1.11. The van der Waals surface area contributed by atoms with Crippen molar-refractivity contribution in [1.29, 1.82) is 0 Å². The quantitative estimate of drug-likeness (QED) is 0.473. The summed E-state index contributed by atoms with van der Waals surface area (Å²) in [4.78, 5) is 26.1. The summed E-state index contributed by atoms with van der Waals surface area (Å²) in [6.07, 6.45) is 9.81. The van der Waals surface area contributed by atoms with E-state index in [2.05, 4.69) is 56.3 Å². The van der Waals surface area contributed by atoms with Crippen molar-refractivity contribution < 1.29 is 9.53 Å². The van der Waals surface area contributed by atoms with Crippen LogP contribution in [0.15, 0.2) is 36.8 Å². The summed E-state index contributed by atoms with van der Waals surface area (Å²) in [6, 6.07) is 6.82. The van der Waals surface area contributed by atoms with Crippen molar-refractivity contribution in [2.45, 2.75) is 58.1 Å². The number of aromatic nitrogens is 4. The minimum atomic E-state index is -0.458. The van der Waals surface area contributed by atoms with E-state index in [0.717, 1.165) is 74.2 Å². The number of rotatable bonds is 7. The molecule has 1 aliphatic carbocycles. The van der Waals surface area contributed by atoms with Gasteiger partial charge in [-0.1, -0.05) is 0 Å². The van der Waals surface area contributed by atoms with E-state index < -0.39 is 5.60 Å². The van der Waals surface area contributed by atoms with Gasteiger partial charge in [0.15, 0.2) is 0 Å². The molecule has 1 aromatic carbocycles. The number of fused-ring (bicyclic) bond motifs is 1. The zero-order valence-corrected chi connectivity index (χ0v) is 22.5. The van der Waals surface area contributed by atoms with Crippen molar-refractivity contribution >= 4 is 22.8 Å². The molecule has 1 saturated heterocycles. The fourth-order valence-corrected chi connectivity index (χ4v) is 5.12. The Morgan fingerprint density at radius 3 is 2.65 bits per heavy atom. The van der Waals surface area contributed by atoms with Gasteiger partial charge in [0, 0.05) is 50.2 Å². The molecule has 5 rings (SSSR count). The lowest BCUT2D eigenvalue weighted by atomic mass is 9.77. The first-order chi connectivity index (χ1) is 17.7. The average molecular weight is 506 g/mol. The number of hydrogen-bond acceptors (Lipinski definition) is 7. The number of amides is 1. The number of likely N-dealkylation sites (N-methyl/N-ethyl adjacent to an activating group) is 1. The second-order valence-electron chi connectivity index (χ2n) is 11.5. The third kappa shape index (κ3) is 6.39. The van der Waals surface area contributed by atoms with Crippen LogP contribution >= 0.6 is 0 Å². The molecule has 9 nitrogen and oxygen atoms in total. The number of carbonyl (C=O) groups is 1. The van der Waals surface area contributed by atoms with Crippen molar-refractivity contribution in [3.8, 4) is 11.3 Å². The first-order valence-electron chi connectivity index (χ1n) is 13.5. The van der Waals surface area contributed by atoms with E-state index in [1.54, 1.807) is 0 Å². The molecule has 0 radical (unpaired) electrons. The molecular formula is C28H39N7O2. The van der Waals surface area contributed by atoms with Crippen molar-refractivity contribution in [3.63, 3.8) is 0 Å². The number of benzene rings is 1. The van der Waals surface area contributed by atoms with Crippen LogP contribution in [0.5, 0.6) is 0 Å². The van der Waals surface area contributed by atoms with Gasteiger partial charge in [0.1, 0.15) is 5.60 Å². The van der Waals surface area contributed by atoms with E-state index in [9.17, 15) is 4.79 Å². The van der Waals surface area contributed by atoms with E-state index in [-0.39, 0.29) is 6.09 Å². The molecule has 1 saturated carbocycles. The van der Waals surface area contributed by atoms with E-state index in [1.807, 2.05) is 33.2 Å². The second-order valence-corrected chi connectivity index (χ2v) is 11.5. The lowest BCUT2D eigenvalue weighted by molar-refractivity contribution is 0.0524. The molecule has 1 N–H and O–H groups in total. The zero-order chi connectivity index (χ0) is 26.0. The fourth-order valence-electron chi connectivity index (χ4n) is 5.12. The first-order valence-corrected chi connectivity index (χ1v) is 13.5. The molecule has 3 aromatic rings. The Hall–Kier alpha value is -3.20. The number of anilines is 1. The first kappa shape index (κ1) is 25.4. The summed E-state index contributed by atoms with van der Waals surface area (Å²) in [5.74, 6) is 0.674. The van der Waals surface area contributed by atoms with Crippen LogP contribution in [0.4, 0.5) is 10.5 Å². The van der Waals surface area contributed by atoms with Crippen LogP contribution < -0.4 is 10.2 Å². The van der Waals surface area contributed by atoms with E-state index >= 15 is 0 Å². The maximum Gasteiger partial charge on any atom is 0.407 e. The molecule has 0 spiro atoms. The third-order valence-corrected chi connectivity index (χ3v) is 7.33. The second kappa shape index (κ2) is 10.7. The smallest absolute Gasteiger partial charge is 0.407 e. The van der Waals surface area contributed by atoms with Gasteiger partial charge in [-0.05, 0) is 77.6 Å². The summed E-state index contributed by atoms with van der Waals surface area (Å²) in [7, 11) is 2.17. The van der Waals surface area contributed by atoms with Crippen LogP contribution in [0.3, 0.4) is 0 Å². The number of carbonyl (C=O) groups excluding carboxylic acids is 1. The molecule has 1 aliphatic heterocycles. The largest absolute Gasteiger partial charge is 0.444 e. The minimum absolute atomic E-state index is 0.338. The Morgan fingerprint density at radius 2 is 1.89 bits per heavy atom. The van der Waals surface area contributed by atoms with Crippen LogP contribution in [0.25, 0.3) is 22.3 Å². The predicted octanol–water partition coefficient (Wildman–Crippen LogP) is 4.50. The van der Waals surface area contributed by atoms with Gasteiger partial charge in [-0.15, -0.1) is 0 Å². The zero-order valence-electron chi connectivity index (χ0n) is 22.5. The Labute approximate surface area is 219 Å². The summed E-state index contributed by atoms with van der Waals surface area (Å²) in [5, 5.41) is 7.47. The molecule has 2 fully saturated rings. The molecule has 0 atom stereocenters. The number of hydrogen-bond donors (Lipinski definition) is 1. The van der Waals surface area contributed by atoms with Gasteiger partial charge in [-0.3, -0.25) is 9.67 Å². The summed E-state index contributed by atoms with van der Waals surface area (Å²) < 4.78 is 7.36. The lowest BCUT2D eigenvalue weighted by Crippen LogP contribution is -2.44. The van der Waals surface area contributed by atoms with Crippen molar-refractivity contribution in [2.75, 3.05) is 44.7 Å². The van der Waals surface area contributed by atoms with Crippen molar-refractivity contribution in [1.82, 2.24) is 30.0 Å². The van der Waals surface area contributed by atoms with E-state index in [4.69, 9.17) is 14.7 Å². The monoisotopic (exact) mass is 505 g/mol. The fraction of sp³-hybridized carbons (Fsp3) is 0.571. The lowest BCUT2D eigenvalue weighted by Gasteiger charge is -2.35. The Morgan fingerprint density at radius 1 is 1.11 bits per heavy atom. The maximum absolute atomic E-state index is 11.7. The summed E-state index contributed by atoms with van der Waals surface area (Å²) in [6.45, 7) is 10.5. The molecular weight excluding hydrogens is 466 g/mol. The van der Waals surface area contributed by atoms with Crippen LogP contribution in [0.2, 0.25) is 0 Å². The van der Waals surface area contributed by atoms with Gasteiger partial charge >= 0.3 is 6.09 Å². The number of alkyl carbamates (subject to hydrolysis) is 1. The number of piperazine rings is 1. The summed E-state index contributed by atoms with van der Waals surface area (Å²) >= 11 is 0. The highest BCUT2D eigenvalue weighted by molar-refractivity contribution is 5.80. The molecule has 0 unspecified atom stereocenters. The van der Waals surface area contributed by atoms with Gasteiger partial charge in [-0.2, -0.15) is 5.10 Å². The predicted molar refractivity (Wildman–Crippen MR) is 146 cm³/mol. The normalized spacial score (nSPS) is 20.6. The highest BCUT2D eigenvalue weighted by atomic mass is 16.6. The van der Waals surface area contributed by atoms with Gasteiger partial charge in [0.2, 0.25) is 0 Å². The van der Waals surface area contributed by atoms with Gasteiger partial charge in [0.25, 0.3) is 0 Å². The molecule has 1 amide bonds. The average Bonchev–Trinajstić information content (AvgIpc) is 3.31. The van der Waals surface area contributed by atoms with Crippen LogP contribution in [-0.4, -0.2) is 76.1 Å². The molecule has 2 aliphatic rings. The van der Waals surface area contributed by atoms with Crippen molar-refractivity contribution in [3.05, 3.63) is 36.8 Å². The third-order valence-electron chi connectivity index (χ3n) is 7.33. The molecule has 3 heterocycles. The highest BCUT2D eigenvalue weighted by Crippen LogP contribution is 2.40. The highest BCUT2D eigenvalue weighted by Gasteiger charge is 2.30. The van der Waals surface area contributed by atoms with Gasteiger partial charge in [0.05, 0.1) is 35.2 Å². The van der Waals surface area contributed by atoms with E-state index in [0.29, 0.717) is 18.5 Å². The summed E-state index contributed by atoms with van der Waals surface area (Å²) in [5.41, 5.74) is 4.45. The topological polar surface area (TPSA) is 88.4 Å². The molecule has 2 aromatic heterocycles. The maximum atomic E-state index is 11.7. The number of nitrogens with one attached hydrogen (secondary N) is 1. The SMILES string of the molecule is CN1CCN(c2ccc3nc(-c4cnn(C5CC(CCCNC(=O)OC(C)(C)C)C5)c4)cnc3c2)CC1. The molecule has 9 heteroatoms. The van der Waals surface area contributed by atoms with Crippen molar-refractivity contribution in [2.24, 2.45) is 5.92 Å². The molecule has 37 heavy (non-hydrogen) atoms. The Bertz CT molecular complexity index is 1220. The van der Waals surface area contributed by atoms with Crippen LogP contribution in [-0.2, 0) is 4.74 Å². The van der Waals surface area contributed by atoms with Gasteiger partial charge in [-0.25, -0.2) is 9.78 Å².